The van der Waals surface area contributed by atoms with E-state index in [1.807, 2.05) is 0 Å². The van der Waals surface area contributed by atoms with Crippen LogP contribution in [0.4, 0.5) is 0 Å². The highest BCUT2D eigenvalue weighted by molar-refractivity contribution is 5.80. The van der Waals surface area contributed by atoms with Crippen molar-refractivity contribution in [2.24, 2.45) is 28.1 Å². The summed E-state index contributed by atoms with van der Waals surface area (Å²) in [7, 11) is 0. The Morgan fingerprint density at radius 1 is 1.12 bits per heavy atom. The van der Waals surface area contributed by atoms with Gasteiger partial charge >= 0.3 is 5.97 Å². The molecule has 5 saturated carbocycles. The van der Waals surface area contributed by atoms with Crippen LogP contribution in [0.15, 0.2) is 0 Å². The van der Waals surface area contributed by atoms with Crippen LogP contribution in [0, 0.1) is 28.1 Å². The van der Waals surface area contributed by atoms with Crippen LogP contribution < -0.4 is 0 Å². The lowest BCUT2D eigenvalue weighted by atomic mass is 9.47. The summed E-state index contributed by atoms with van der Waals surface area (Å²) in [5, 5.41) is 11.0. The molecule has 0 saturated heterocycles. The minimum absolute atomic E-state index is 0.00964. The first kappa shape index (κ1) is 18.8. The van der Waals surface area contributed by atoms with Gasteiger partial charge in [-0.1, -0.05) is 41.0 Å². The van der Waals surface area contributed by atoms with E-state index >= 15 is 0 Å². The first-order valence-electron chi connectivity index (χ1n) is 10.9. The summed E-state index contributed by atoms with van der Waals surface area (Å²) in [5.41, 5.74) is -1.15. The van der Waals surface area contributed by atoms with E-state index < -0.39 is 5.60 Å². The Bertz CT molecular complexity index is 591. The van der Waals surface area contributed by atoms with Crippen molar-refractivity contribution < 1.29 is 14.6 Å². The summed E-state index contributed by atoms with van der Waals surface area (Å²) in [5.74, 6) is 1.14. The Balaban J connectivity index is 1.58. The maximum absolute atomic E-state index is 13.6. The van der Waals surface area contributed by atoms with E-state index in [1.54, 1.807) is 0 Å². The molecule has 5 aliphatic carbocycles. The number of aliphatic hydroxyl groups is 1. The average molecular weight is 363 g/mol. The molecule has 3 unspecified atom stereocenters. The summed E-state index contributed by atoms with van der Waals surface area (Å²) < 4.78 is 6.45. The highest BCUT2D eigenvalue weighted by Gasteiger charge is 2.64. The van der Waals surface area contributed by atoms with Crippen molar-refractivity contribution in [2.75, 3.05) is 0 Å². The van der Waals surface area contributed by atoms with E-state index in [-0.39, 0.29) is 27.8 Å². The lowest BCUT2D eigenvalue weighted by Crippen LogP contribution is -2.63. The van der Waals surface area contributed by atoms with Crippen LogP contribution in [0.5, 0.6) is 0 Å². The number of hydrogen-bond donors (Lipinski definition) is 1. The van der Waals surface area contributed by atoms with Gasteiger partial charge in [-0.25, -0.2) is 0 Å². The second-order valence-corrected chi connectivity index (χ2v) is 11.9. The summed E-state index contributed by atoms with van der Waals surface area (Å²) in [6.45, 7) is 11.3. The van der Waals surface area contributed by atoms with Gasteiger partial charge in [0.25, 0.3) is 0 Å². The number of rotatable bonds is 5. The molecule has 5 aliphatic rings. The molecule has 5 rings (SSSR count). The number of carbonyl (C=O) groups excluding carboxylic acids is 1. The molecule has 4 bridgehead atoms. The van der Waals surface area contributed by atoms with Gasteiger partial charge in [-0.2, -0.15) is 0 Å². The van der Waals surface area contributed by atoms with E-state index in [1.165, 1.54) is 6.42 Å². The van der Waals surface area contributed by atoms with Crippen molar-refractivity contribution in [1.82, 2.24) is 0 Å². The number of hydrogen-bond acceptors (Lipinski definition) is 3. The van der Waals surface area contributed by atoms with Crippen LogP contribution in [0.3, 0.4) is 0 Å². The molecular weight excluding hydrogens is 324 g/mol. The third-order valence-corrected chi connectivity index (χ3v) is 8.89. The van der Waals surface area contributed by atoms with Crippen molar-refractivity contribution in [3.05, 3.63) is 0 Å². The minimum Gasteiger partial charge on any atom is -0.458 e. The summed E-state index contributed by atoms with van der Waals surface area (Å²) in [4.78, 5) is 13.6. The molecular formula is C23H38O3. The average Bonchev–Trinajstić information content (AvgIpc) is 2.48. The van der Waals surface area contributed by atoms with Crippen molar-refractivity contribution in [2.45, 2.75) is 110 Å². The van der Waals surface area contributed by atoms with E-state index in [4.69, 9.17) is 4.74 Å². The third-order valence-electron chi connectivity index (χ3n) is 8.89. The Kier molecular flexibility index (Phi) is 3.96. The highest BCUT2D eigenvalue weighted by atomic mass is 16.6. The predicted molar refractivity (Wildman–Crippen MR) is 103 cm³/mol. The largest absolute Gasteiger partial charge is 0.458 e. The number of carbonyl (C=O) groups is 1. The molecule has 0 aliphatic heterocycles. The Morgan fingerprint density at radius 3 is 2.15 bits per heavy atom. The molecule has 0 aromatic carbocycles. The molecule has 0 heterocycles. The smallest absolute Gasteiger partial charge is 0.313 e. The second kappa shape index (κ2) is 5.49. The molecule has 3 nitrogen and oxygen atoms in total. The summed E-state index contributed by atoms with van der Waals surface area (Å²) in [6.07, 6.45) is 9.73. The molecule has 0 aromatic heterocycles. The fourth-order valence-electron chi connectivity index (χ4n) is 7.19. The zero-order valence-corrected chi connectivity index (χ0v) is 17.5. The first-order chi connectivity index (χ1) is 11.9. The standard InChI is InChI=1S/C23H38O3/c1-6-19(2,3)14-23(8-7-20(23,4)5)18(24)26-22-12-16-9-17(13-22)11-21(25,10-16)15-22/h16-17,25H,6-15H2,1-5H3. The SMILES string of the molecule is CCC(C)(C)CC1(C(=O)OC23CC4CC(CC(O)(C4)C2)C3)CCC1(C)C. The molecule has 3 atom stereocenters. The zero-order chi connectivity index (χ0) is 19.0. The van der Waals surface area contributed by atoms with Crippen LogP contribution >= 0.6 is 0 Å². The van der Waals surface area contributed by atoms with Crippen LogP contribution in [-0.2, 0) is 9.53 Å². The van der Waals surface area contributed by atoms with E-state index in [2.05, 4.69) is 34.6 Å². The Morgan fingerprint density at radius 2 is 1.73 bits per heavy atom. The van der Waals surface area contributed by atoms with Crippen molar-refractivity contribution in [1.29, 1.82) is 0 Å². The molecule has 3 heteroatoms. The topological polar surface area (TPSA) is 46.5 Å². The lowest BCUT2D eigenvalue weighted by Gasteiger charge is -2.61. The molecule has 0 aromatic rings. The van der Waals surface area contributed by atoms with Gasteiger partial charge in [0.15, 0.2) is 0 Å². The minimum atomic E-state index is -0.574. The molecule has 5 fully saturated rings. The Labute approximate surface area is 159 Å². The van der Waals surface area contributed by atoms with E-state index in [0.29, 0.717) is 18.3 Å². The molecule has 1 N–H and O–H groups in total. The van der Waals surface area contributed by atoms with Crippen LogP contribution in [-0.4, -0.2) is 22.3 Å². The van der Waals surface area contributed by atoms with Gasteiger partial charge < -0.3 is 9.84 Å². The fraction of sp³-hybridized carbons (Fsp3) is 0.957. The van der Waals surface area contributed by atoms with Gasteiger partial charge in [0.2, 0.25) is 0 Å². The predicted octanol–water partition coefficient (Wildman–Crippen LogP) is 5.25. The second-order valence-electron chi connectivity index (χ2n) is 11.9. The molecule has 0 spiro atoms. The number of esters is 1. The van der Waals surface area contributed by atoms with Gasteiger partial charge in [-0.15, -0.1) is 0 Å². The summed E-state index contributed by atoms with van der Waals surface area (Å²) in [6, 6.07) is 0. The van der Waals surface area contributed by atoms with Crippen molar-refractivity contribution in [3.63, 3.8) is 0 Å². The quantitative estimate of drug-likeness (QED) is 0.680. The van der Waals surface area contributed by atoms with Gasteiger partial charge in [-0.3, -0.25) is 4.79 Å². The normalized spacial score (nSPS) is 46.1. The summed E-state index contributed by atoms with van der Waals surface area (Å²) >= 11 is 0. The van der Waals surface area contributed by atoms with E-state index in [0.717, 1.165) is 51.4 Å². The molecule has 26 heavy (non-hydrogen) atoms. The highest BCUT2D eigenvalue weighted by Crippen LogP contribution is 2.64. The third kappa shape index (κ3) is 2.75. The van der Waals surface area contributed by atoms with Crippen LogP contribution in [0.2, 0.25) is 0 Å². The van der Waals surface area contributed by atoms with Crippen molar-refractivity contribution >= 4 is 5.97 Å². The van der Waals surface area contributed by atoms with Crippen molar-refractivity contribution in [3.8, 4) is 0 Å². The van der Waals surface area contributed by atoms with Crippen LogP contribution in [0.25, 0.3) is 0 Å². The monoisotopic (exact) mass is 362 g/mol. The molecule has 0 radical (unpaired) electrons. The maximum atomic E-state index is 13.6. The van der Waals surface area contributed by atoms with Gasteiger partial charge in [0, 0.05) is 6.42 Å². The first-order valence-corrected chi connectivity index (χ1v) is 10.9. The zero-order valence-electron chi connectivity index (χ0n) is 17.5. The maximum Gasteiger partial charge on any atom is 0.313 e. The Hall–Kier alpha value is -0.570. The number of ether oxygens (including phenoxy) is 1. The lowest BCUT2D eigenvalue weighted by molar-refractivity contribution is -0.239. The molecule has 0 amide bonds. The fourth-order valence-corrected chi connectivity index (χ4v) is 7.19. The molecule has 148 valence electrons. The van der Waals surface area contributed by atoms with Gasteiger partial charge in [-0.05, 0) is 74.0 Å². The van der Waals surface area contributed by atoms with Gasteiger partial charge in [0.05, 0.1) is 11.0 Å². The van der Waals surface area contributed by atoms with Crippen LogP contribution in [0.1, 0.15) is 98.8 Å². The van der Waals surface area contributed by atoms with Gasteiger partial charge in [0.1, 0.15) is 5.60 Å². The van der Waals surface area contributed by atoms with E-state index in [9.17, 15) is 9.90 Å².